The van der Waals surface area contributed by atoms with E-state index in [-0.39, 0.29) is 0 Å². The highest BCUT2D eigenvalue weighted by molar-refractivity contribution is 5.17. The summed E-state index contributed by atoms with van der Waals surface area (Å²) in [4.78, 5) is 10.7. The summed E-state index contributed by atoms with van der Waals surface area (Å²) in [5.74, 6) is -8.90. The van der Waals surface area contributed by atoms with Crippen molar-refractivity contribution in [3.05, 3.63) is 73.0 Å². The van der Waals surface area contributed by atoms with Crippen LogP contribution in [-0.4, -0.2) is 9.84 Å². The lowest BCUT2D eigenvalue weighted by atomic mass is 10.8. The number of aromatic nitrogens is 6. The lowest BCUT2D eigenvalue weighted by Crippen LogP contribution is -2.54. The van der Waals surface area contributed by atoms with Crippen molar-refractivity contribution in [2.75, 3.05) is 0 Å². The van der Waals surface area contributed by atoms with Crippen LogP contribution in [0, 0.1) is 31.2 Å². The zero-order valence-corrected chi connectivity index (χ0v) is 14.4. The lowest BCUT2D eigenvalue weighted by Gasteiger charge is -2.12. The van der Waals surface area contributed by atoms with Crippen molar-refractivity contribution in [3.63, 3.8) is 0 Å². The molecule has 0 spiro atoms. The van der Waals surface area contributed by atoms with Crippen molar-refractivity contribution in [1.29, 1.82) is 0 Å². The first kappa shape index (κ1) is 22.0. The number of hydrogen-bond donors (Lipinski definition) is 0. The molecule has 26 heteroatoms. The number of nitrogens with zero attached hydrogens (tertiary/aromatic N) is 20. The molecule has 26 nitrogen and oxygen atoms in total. The number of azo groups is 1. The van der Waals surface area contributed by atoms with E-state index in [2.05, 4.69) is 50.2 Å². The molecule has 0 saturated heterocycles. The Morgan fingerprint density at radius 3 is 1.38 bits per heavy atom. The summed E-state index contributed by atoms with van der Waals surface area (Å²) in [7, 11) is 0. The molecule has 0 amide bonds. The predicted molar refractivity (Wildman–Crippen MR) is 86.1 cm³/mol. The summed E-state index contributed by atoms with van der Waals surface area (Å²) in [6.45, 7) is 0. The lowest BCUT2D eigenvalue weighted by molar-refractivity contribution is -0.833. The van der Waals surface area contributed by atoms with E-state index in [4.69, 9.17) is 22.1 Å². The summed E-state index contributed by atoms with van der Waals surface area (Å²) < 4.78 is -3.77. The fourth-order valence-corrected chi connectivity index (χ4v) is 1.77. The van der Waals surface area contributed by atoms with Crippen LogP contribution in [0.5, 0.6) is 0 Å². The molecular weight excluding hydrogens is 448 g/mol. The minimum Gasteiger partial charge on any atom is -0.688 e. The second-order valence-electron chi connectivity index (χ2n) is 4.51. The normalized spacial score (nSPS) is 10.2. The third kappa shape index (κ3) is 3.65. The van der Waals surface area contributed by atoms with Gasteiger partial charge >= 0.3 is 40.8 Å². The van der Waals surface area contributed by atoms with Gasteiger partial charge in [-0.15, -0.1) is 14.2 Å². The summed E-state index contributed by atoms with van der Waals surface area (Å²) in [6.07, 6.45) is 0. The van der Waals surface area contributed by atoms with E-state index in [9.17, 15) is 31.2 Å². The number of hydrogen-bond acceptors (Lipinski definition) is 12. The van der Waals surface area contributed by atoms with Gasteiger partial charge in [0.15, 0.2) is 0 Å². The molecule has 0 aliphatic carbocycles. The fraction of sp³-hybridized carbons (Fsp3) is 0. The van der Waals surface area contributed by atoms with Gasteiger partial charge in [0.1, 0.15) is 4.98 Å². The maximum Gasteiger partial charge on any atom is 0.694 e. The molecule has 0 radical (unpaired) electrons. The molecule has 0 N–H and O–H groups in total. The second kappa shape index (κ2) is 8.78. The highest BCUT2D eigenvalue weighted by Crippen LogP contribution is 2.15. The molecule has 0 bridgehead atoms. The molecule has 0 atom stereocenters. The van der Waals surface area contributed by atoms with E-state index in [0.29, 0.717) is 0 Å². The van der Waals surface area contributed by atoms with Crippen LogP contribution in [0.2, 0.25) is 0 Å². The minimum atomic E-state index is -1.72. The van der Waals surface area contributed by atoms with Crippen molar-refractivity contribution in [3.8, 4) is 0 Å². The molecule has 2 rings (SSSR count). The Morgan fingerprint density at radius 1 is 0.625 bits per heavy atom. The van der Waals surface area contributed by atoms with Crippen molar-refractivity contribution in [2.45, 2.75) is 0 Å². The van der Waals surface area contributed by atoms with Gasteiger partial charge in [0.05, 0.1) is 10.4 Å². The first-order valence-corrected chi connectivity index (χ1v) is 6.92. The molecule has 2 heterocycles. The topological polar surface area (TPSA) is 381 Å². The van der Waals surface area contributed by atoms with E-state index < -0.39 is 64.2 Å². The van der Waals surface area contributed by atoms with Gasteiger partial charge in [0.25, 0.3) is 10.0 Å². The Balaban J connectivity index is 2.98. The van der Waals surface area contributed by atoms with Gasteiger partial charge in [-0.05, 0) is 16.6 Å². The van der Waals surface area contributed by atoms with Gasteiger partial charge in [0.2, 0.25) is 0 Å². The molecule has 2 aromatic rings. The third-order valence-electron chi connectivity index (χ3n) is 2.90. The quantitative estimate of drug-likeness (QED) is 0.144. The fourth-order valence-electron chi connectivity index (χ4n) is 1.77. The van der Waals surface area contributed by atoms with Gasteiger partial charge in [-0.25, -0.2) is 0 Å². The van der Waals surface area contributed by atoms with Crippen molar-refractivity contribution in [2.24, 2.45) is 25.6 Å². The summed E-state index contributed by atoms with van der Waals surface area (Å²) >= 11 is 0. The van der Waals surface area contributed by atoms with E-state index in [1.807, 2.05) is 0 Å². The smallest absolute Gasteiger partial charge is 0.688 e. The van der Waals surface area contributed by atoms with Crippen LogP contribution >= 0.6 is 0 Å². The minimum absolute atomic E-state index is 0.707. The van der Waals surface area contributed by atoms with Gasteiger partial charge in [0, 0.05) is 30.1 Å². The molecule has 0 aliphatic rings. The highest BCUT2D eigenvalue weighted by atomic mass is 16.6. The predicted octanol–water partition coefficient (Wildman–Crippen LogP) is -0.0585. The standard InChI is InChI=1S/C6N20O6/c7-17-12-1-11-2(13-18-8)22(28)6(21(1)27)26(32)16-5-24(30)3(14-19-9)23(29)4(15-20-10)25(5)31/b26-16-. The molecular formula is C6N20O6. The van der Waals surface area contributed by atoms with E-state index >= 15 is 0 Å². The monoisotopic (exact) mass is 448 g/mol. The van der Waals surface area contributed by atoms with Gasteiger partial charge in [-0.2, -0.15) is 4.73 Å². The SMILES string of the molecule is [N-]=[N+]=Nc1nc(N=[N+]=[N-])[n+]([O-])c(/[N+]([O-])=N/c2[n+]([O-])c(N=[N+]=[N-])[n+]([O-])c(N=[N+]=[N-])[n+]2[O-])[n+]1[O-]. The first-order chi connectivity index (χ1) is 15.2. The molecule has 0 fully saturated rings. The van der Waals surface area contributed by atoms with Crippen molar-refractivity contribution >= 4 is 35.7 Å². The van der Waals surface area contributed by atoms with Gasteiger partial charge in [-0.1, -0.05) is 4.73 Å². The molecule has 0 aromatic carbocycles. The average molecular weight is 448 g/mol. The number of rotatable bonds is 6. The Labute approximate surface area is 169 Å². The molecule has 160 valence electrons. The van der Waals surface area contributed by atoms with Crippen LogP contribution in [0.1, 0.15) is 0 Å². The highest BCUT2D eigenvalue weighted by Gasteiger charge is 2.41. The molecule has 32 heavy (non-hydrogen) atoms. The van der Waals surface area contributed by atoms with Gasteiger partial charge in [-0.3, -0.25) is 0 Å². The van der Waals surface area contributed by atoms with Crippen molar-refractivity contribution < 1.29 is 28.5 Å². The van der Waals surface area contributed by atoms with Crippen LogP contribution in [-0.2, 0) is 0 Å². The number of azide groups is 4. The average Bonchev–Trinajstić information content (AvgIpc) is 2.75. The van der Waals surface area contributed by atoms with E-state index in [1.54, 1.807) is 0 Å². The summed E-state index contributed by atoms with van der Waals surface area (Å²) in [5.41, 5.74) is 33.7. The van der Waals surface area contributed by atoms with E-state index in [1.165, 1.54) is 0 Å². The first-order valence-electron chi connectivity index (χ1n) is 6.92. The Morgan fingerprint density at radius 2 is 1.00 bits per heavy atom. The van der Waals surface area contributed by atoms with Crippen LogP contribution in [0.25, 0.3) is 41.8 Å². The largest absolute Gasteiger partial charge is 0.694 e. The Hall–Kier alpha value is -6.34. The van der Waals surface area contributed by atoms with E-state index in [0.717, 1.165) is 0 Å². The zero-order chi connectivity index (χ0) is 24.0. The molecule has 2 aromatic heterocycles. The summed E-state index contributed by atoms with van der Waals surface area (Å²) in [6, 6.07) is 0. The second-order valence-corrected chi connectivity index (χ2v) is 4.51. The Kier molecular flexibility index (Phi) is 6.02. The van der Waals surface area contributed by atoms with Crippen LogP contribution in [0.4, 0.5) is 35.7 Å². The zero-order valence-electron chi connectivity index (χ0n) is 14.4. The third-order valence-corrected chi connectivity index (χ3v) is 2.90. The Bertz CT molecular complexity index is 1270. The maximum atomic E-state index is 12.3. The van der Waals surface area contributed by atoms with Crippen LogP contribution in [0.3, 0.4) is 0 Å². The molecule has 0 aliphatic heterocycles. The van der Waals surface area contributed by atoms with Crippen LogP contribution < -0.4 is 23.7 Å². The molecule has 0 unspecified atom stereocenters. The maximum absolute atomic E-state index is 12.3. The van der Waals surface area contributed by atoms with Gasteiger partial charge < -0.3 is 31.2 Å². The van der Waals surface area contributed by atoms with Crippen molar-refractivity contribution in [1.82, 2.24) is 4.98 Å². The van der Waals surface area contributed by atoms with Crippen LogP contribution in [0.15, 0.2) is 25.6 Å². The molecule has 0 saturated carbocycles. The summed E-state index contributed by atoms with van der Waals surface area (Å²) in [5, 5.41) is 86.2.